The Morgan fingerprint density at radius 2 is 1.23 bits per heavy atom. The zero-order valence-electron chi connectivity index (χ0n) is 35.5. The van der Waals surface area contributed by atoms with Gasteiger partial charge in [-0.05, 0) is 186 Å². The molecule has 5 heterocycles. The van der Waals surface area contributed by atoms with Crippen LogP contribution >= 0.6 is 0 Å². The zero-order valence-corrected chi connectivity index (χ0v) is 35.5. The van der Waals surface area contributed by atoms with Gasteiger partial charge < -0.3 is 25.2 Å². The molecule has 316 valence electrons. The Morgan fingerprint density at radius 1 is 0.667 bits per heavy atom. The van der Waals surface area contributed by atoms with Gasteiger partial charge in [-0.3, -0.25) is 4.79 Å². The first-order valence-electron chi connectivity index (χ1n) is 23.9. The molecule has 2 N–H and O–H groups in total. The Labute approximate surface area is 355 Å². The number of fused-ring (bicyclic) bond motifs is 1. The molecule has 2 aromatic heterocycles. The molecule has 4 bridgehead atoms. The third-order valence-corrected chi connectivity index (χ3v) is 17.9. The molecule has 2 spiro atoms. The quantitative estimate of drug-likeness (QED) is 0.188. The van der Waals surface area contributed by atoms with Crippen LogP contribution in [0, 0.1) is 34.0 Å². The first kappa shape index (κ1) is 37.7. The topological polar surface area (TPSA) is 106 Å². The van der Waals surface area contributed by atoms with Crippen molar-refractivity contribution < 1.29 is 9.53 Å². The monoisotopic (exact) mass is 809 g/mol. The van der Waals surface area contributed by atoms with E-state index in [9.17, 15) is 4.79 Å². The van der Waals surface area contributed by atoms with Crippen molar-refractivity contribution >= 4 is 22.8 Å². The van der Waals surface area contributed by atoms with E-state index in [1.165, 1.54) is 103 Å². The SMILES string of the molecule is Nc1ncnc2c1c(-c1ccc(Oc3ccccc3)cc1)nn2C1CCN(C2CC3(CCN(C4CC5(CCN(C(=O)CC67CC8CC(CC(C8)C6)C7)CC5)C4)CC3)C2)CC1. The summed E-state index contributed by atoms with van der Waals surface area (Å²) >= 11 is 0. The van der Waals surface area contributed by atoms with Gasteiger partial charge in [0.2, 0.25) is 5.91 Å². The number of anilines is 1. The fourth-order valence-electron chi connectivity index (χ4n) is 15.0. The third-order valence-electron chi connectivity index (χ3n) is 17.9. The number of amides is 1. The average Bonchev–Trinajstić information content (AvgIpc) is 3.63. The van der Waals surface area contributed by atoms with E-state index in [0.29, 0.717) is 28.0 Å². The minimum absolute atomic E-state index is 0.287. The number of nitrogens with zero attached hydrogens (tertiary/aromatic N) is 7. The summed E-state index contributed by atoms with van der Waals surface area (Å²) in [5.41, 5.74) is 10.6. The molecule has 0 radical (unpaired) electrons. The molecular weight excluding hydrogens is 745 g/mol. The summed E-state index contributed by atoms with van der Waals surface area (Å²) < 4.78 is 8.19. The lowest BCUT2D eigenvalue weighted by Gasteiger charge is -2.60. The second kappa shape index (κ2) is 14.5. The highest BCUT2D eigenvalue weighted by molar-refractivity contribution is 5.98. The van der Waals surface area contributed by atoms with E-state index in [4.69, 9.17) is 20.6 Å². The summed E-state index contributed by atoms with van der Waals surface area (Å²) in [5.74, 6) is 5.36. The number of carbonyl (C=O) groups excluding carboxylic acids is 1. The first-order chi connectivity index (χ1) is 29.3. The van der Waals surface area contributed by atoms with Crippen LogP contribution in [0.2, 0.25) is 0 Å². The molecule has 0 unspecified atom stereocenters. The van der Waals surface area contributed by atoms with E-state index in [0.717, 1.165) is 109 Å². The van der Waals surface area contributed by atoms with Crippen LogP contribution in [-0.2, 0) is 4.79 Å². The number of para-hydroxylation sites is 1. The number of carbonyl (C=O) groups is 1. The normalized spacial score (nSPS) is 31.4. The number of aromatic nitrogens is 4. The molecule has 10 nitrogen and oxygen atoms in total. The van der Waals surface area contributed by atoms with E-state index >= 15 is 0 Å². The van der Waals surface area contributed by atoms with Gasteiger partial charge in [-0.2, -0.15) is 5.10 Å². The Bertz CT molecular complexity index is 2160. The van der Waals surface area contributed by atoms with E-state index in [-0.39, 0.29) is 6.04 Å². The maximum absolute atomic E-state index is 13.6. The second-order valence-electron chi connectivity index (χ2n) is 21.6. The molecule has 3 aliphatic heterocycles. The Hall–Kier alpha value is -4.02. The number of ether oxygens (including phenoxy) is 1. The fourth-order valence-corrected chi connectivity index (χ4v) is 15.0. The molecule has 13 rings (SSSR count). The number of likely N-dealkylation sites (tertiary alicyclic amines) is 3. The fraction of sp³-hybridized carbons (Fsp3) is 0.640. The summed E-state index contributed by atoms with van der Waals surface area (Å²) in [6.07, 6.45) is 23.7. The first-order valence-corrected chi connectivity index (χ1v) is 23.9. The predicted octanol–water partition coefficient (Wildman–Crippen LogP) is 9.13. The molecule has 9 aliphatic rings. The largest absolute Gasteiger partial charge is 0.457 e. The Morgan fingerprint density at radius 3 is 1.85 bits per heavy atom. The van der Waals surface area contributed by atoms with Gasteiger partial charge in [-0.15, -0.1) is 0 Å². The summed E-state index contributed by atoms with van der Waals surface area (Å²) in [7, 11) is 0. The molecule has 1 amide bonds. The van der Waals surface area contributed by atoms with Crippen LogP contribution in [0.1, 0.15) is 115 Å². The second-order valence-corrected chi connectivity index (χ2v) is 21.6. The minimum Gasteiger partial charge on any atom is -0.457 e. The number of nitrogen functional groups attached to an aromatic ring is 1. The Kier molecular flexibility index (Phi) is 9.14. The smallest absolute Gasteiger partial charge is 0.223 e. The van der Waals surface area contributed by atoms with E-state index in [1.54, 1.807) is 6.33 Å². The molecule has 9 fully saturated rings. The summed E-state index contributed by atoms with van der Waals surface area (Å²) in [5, 5.41) is 6.02. The molecule has 3 saturated heterocycles. The average molecular weight is 809 g/mol. The number of rotatable bonds is 8. The molecule has 60 heavy (non-hydrogen) atoms. The number of piperidine rings is 3. The van der Waals surface area contributed by atoms with Gasteiger partial charge in [0, 0.05) is 50.2 Å². The van der Waals surface area contributed by atoms with Crippen LogP contribution in [0.15, 0.2) is 60.9 Å². The highest BCUT2D eigenvalue weighted by Crippen LogP contribution is 2.62. The lowest BCUT2D eigenvalue weighted by Crippen LogP contribution is -2.60. The highest BCUT2D eigenvalue weighted by Gasteiger charge is 2.54. The molecule has 2 aromatic carbocycles. The van der Waals surface area contributed by atoms with Gasteiger partial charge >= 0.3 is 0 Å². The molecule has 0 atom stereocenters. The maximum atomic E-state index is 13.6. The van der Waals surface area contributed by atoms with E-state index < -0.39 is 0 Å². The van der Waals surface area contributed by atoms with Crippen molar-refractivity contribution in [3.8, 4) is 22.8 Å². The lowest BCUT2D eigenvalue weighted by molar-refractivity contribution is -0.144. The Balaban J connectivity index is 0.604. The van der Waals surface area contributed by atoms with E-state index in [2.05, 4.69) is 36.5 Å². The summed E-state index contributed by atoms with van der Waals surface area (Å²) in [6.45, 7) is 6.82. The van der Waals surface area contributed by atoms with Gasteiger partial charge in [0.1, 0.15) is 29.3 Å². The van der Waals surface area contributed by atoms with E-state index in [1.807, 2.05) is 42.5 Å². The van der Waals surface area contributed by atoms with Crippen LogP contribution in [0.5, 0.6) is 11.5 Å². The third kappa shape index (κ3) is 6.74. The van der Waals surface area contributed by atoms with Crippen molar-refractivity contribution in [3.05, 3.63) is 60.9 Å². The zero-order chi connectivity index (χ0) is 40.1. The van der Waals surface area contributed by atoms with Crippen LogP contribution < -0.4 is 10.5 Å². The van der Waals surface area contributed by atoms with Crippen molar-refractivity contribution in [2.24, 2.45) is 34.0 Å². The minimum atomic E-state index is 0.287. The van der Waals surface area contributed by atoms with Crippen LogP contribution in [0.3, 0.4) is 0 Å². The molecule has 4 aromatic rings. The van der Waals surface area contributed by atoms with Crippen molar-refractivity contribution in [3.63, 3.8) is 0 Å². The van der Waals surface area contributed by atoms with Crippen molar-refractivity contribution in [1.29, 1.82) is 0 Å². The van der Waals surface area contributed by atoms with Gasteiger partial charge in [-0.1, -0.05) is 18.2 Å². The molecule has 6 aliphatic carbocycles. The van der Waals surface area contributed by atoms with Crippen molar-refractivity contribution in [2.45, 2.75) is 127 Å². The van der Waals surface area contributed by atoms with Gasteiger partial charge in [0.25, 0.3) is 0 Å². The predicted molar refractivity (Wildman–Crippen MR) is 234 cm³/mol. The lowest BCUT2D eigenvalue weighted by atomic mass is 9.49. The summed E-state index contributed by atoms with van der Waals surface area (Å²) in [4.78, 5) is 30.7. The molecular formula is C50H64N8O2. The summed E-state index contributed by atoms with van der Waals surface area (Å²) in [6, 6.07) is 19.7. The standard InChI is InChI=1S/C50H64N8O2/c51-46-44-45(37-6-8-42(9-7-37)60-41-4-2-1-3-5-41)54-58(47(44)53-33-52-46)38-10-16-55(17-11-38)39-28-48(29-39)12-18-56(19-13-48)40-30-49(31-40)14-20-57(21-15-49)43(59)32-50-25-34-22-35(26-50)24-36(23-34)27-50/h1-9,33-36,38-40H,10-32H2,(H2,51,52,53). The maximum Gasteiger partial charge on any atom is 0.223 e. The van der Waals surface area contributed by atoms with Crippen LogP contribution in [0.25, 0.3) is 22.3 Å². The number of nitrogens with two attached hydrogens (primary N) is 1. The number of hydrogen-bond donors (Lipinski definition) is 1. The molecule has 6 saturated carbocycles. The van der Waals surface area contributed by atoms with Crippen LogP contribution in [0.4, 0.5) is 5.82 Å². The van der Waals surface area contributed by atoms with Crippen LogP contribution in [-0.4, -0.2) is 91.7 Å². The van der Waals surface area contributed by atoms with Crippen molar-refractivity contribution in [1.82, 2.24) is 34.4 Å². The number of benzene rings is 2. The molecule has 10 heteroatoms. The van der Waals surface area contributed by atoms with Gasteiger partial charge in [-0.25, -0.2) is 14.6 Å². The van der Waals surface area contributed by atoms with Gasteiger partial charge in [0.15, 0.2) is 5.65 Å². The highest BCUT2D eigenvalue weighted by atomic mass is 16.5. The number of hydrogen-bond acceptors (Lipinski definition) is 8. The van der Waals surface area contributed by atoms with Crippen molar-refractivity contribution in [2.75, 3.05) is 45.0 Å². The van der Waals surface area contributed by atoms with Gasteiger partial charge in [0.05, 0.1) is 11.4 Å².